The van der Waals surface area contributed by atoms with E-state index in [1.165, 1.54) is 11.3 Å². The Hall–Kier alpha value is -2.15. The van der Waals surface area contributed by atoms with Gasteiger partial charge in [-0.15, -0.1) is 11.3 Å². The summed E-state index contributed by atoms with van der Waals surface area (Å²) in [6.07, 6.45) is 1.69. The quantitative estimate of drug-likeness (QED) is 0.842. The maximum atomic E-state index is 12.3. The van der Waals surface area contributed by atoms with E-state index >= 15 is 0 Å². The highest BCUT2D eigenvalue weighted by Gasteiger charge is 2.24. The van der Waals surface area contributed by atoms with Gasteiger partial charge in [0.2, 0.25) is 11.8 Å². The zero-order chi connectivity index (χ0) is 16.4. The maximum absolute atomic E-state index is 12.3. The average Bonchev–Trinajstić information content (AvgIpc) is 3.21. The average molecular weight is 333 g/mol. The van der Waals surface area contributed by atoms with Gasteiger partial charge in [-0.1, -0.05) is 0 Å². The van der Waals surface area contributed by atoms with Crippen molar-refractivity contribution in [2.24, 2.45) is 0 Å². The van der Waals surface area contributed by atoms with Gasteiger partial charge in [0.1, 0.15) is 11.5 Å². The van der Waals surface area contributed by atoms with Gasteiger partial charge in [0, 0.05) is 25.4 Å². The second-order valence-electron chi connectivity index (χ2n) is 5.71. The lowest BCUT2D eigenvalue weighted by molar-refractivity contribution is -0.130. The first-order chi connectivity index (χ1) is 11.0. The molecule has 6 nitrogen and oxygen atoms in total. The van der Waals surface area contributed by atoms with Gasteiger partial charge in [0.05, 0.1) is 18.7 Å². The fourth-order valence-electron chi connectivity index (χ4n) is 2.53. The van der Waals surface area contributed by atoms with E-state index in [1.807, 2.05) is 24.4 Å². The second-order valence-corrected chi connectivity index (χ2v) is 6.55. The molecule has 0 bridgehead atoms. The smallest absolute Gasteiger partial charge is 0.228 e. The minimum Gasteiger partial charge on any atom is -0.464 e. The predicted molar refractivity (Wildman–Crippen MR) is 87.3 cm³/mol. The molecule has 0 radical (unpaired) electrons. The normalized spacial score (nSPS) is 14.5. The van der Waals surface area contributed by atoms with Crippen LogP contribution < -0.4 is 4.90 Å². The summed E-state index contributed by atoms with van der Waals surface area (Å²) in [4.78, 5) is 31.8. The van der Waals surface area contributed by atoms with Crippen molar-refractivity contribution in [2.45, 2.75) is 32.7 Å². The number of anilines is 1. The number of thiazole rings is 1. The molecule has 23 heavy (non-hydrogen) atoms. The van der Waals surface area contributed by atoms with E-state index in [-0.39, 0.29) is 18.2 Å². The monoisotopic (exact) mass is 333 g/mol. The fourth-order valence-corrected chi connectivity index (χ4v) is 3.40. The molecule has 2 aromatic rings. The van der Waals surface area contributed by atoms with E-state index in [9.17, 15) is 9.59 Å². The lowest BCUT2D eigenvalue weighted by Gasteiger charge is -2.15. The van der Waals surface area contributed by atoms with Crippen molar-refractivity contribution in [1.82, 2.24) is 9.88 Å². The topological polar surface area (TPSA) is 66.7 Å². The van der Waals surface area contributed by atoms with Crippen LogP contribution in [0.2, 0.25) is 0 Å². The van der Waals surface area contributed by atoms with Gasteiger partial charge in [0.25, 0.3) is 0 Å². The molecule has 122 valence electrons. The van der Waals surface area contributed by atoms with E-state index in [2.05, 4.69) is 4.98 Å². The third-order valence-corrected chi connectivity index (χ3v) is 4.70. The molecule has 0 aliphatic carbocycles. The van der Waals surface area contributed by atoms with Crippen molar-refractivity contribution in [3.05, 3.63) is 34.7 Å². The number of hydrogen-bond acceptors (Lipinski definition) is 5. The molecule has 2 aromatic heterocycles. The summed E-state index contributed by atoms with van der Waals surface area (Å²) < 4.78 is 5.49. The molecule has 0 atom stereocenters. The number of hydrogen-bond donors (Lipinski definition) is 0. The summed E-state index contributed by atoms with van der Waals surface area (Å²) in [6, 6.07) is 3.76. The molecular weight excluding hydrogens is 314 g/mol. The Bertz CT molecular complexity index is 722. The molecule has 3 rings (SSSR count). The largest absolute Gasteiger partial charge is 0.464 e. The van der Waals surface area contributed by atoms with Crippen LogP contribution in [0.3, 0.4) is 0 Å². The van der Waals surface area contributed by atoms with E-state index < -0.39 is 0 Å². The Kier molecular flexibility index (Phi) is 4.47. The van der Waals surface area contributed by atoms with Crippen molar-refractivity contribution < 1.29 is 14.0 Å². The van der Waals surface area contributed by atoms with Crippen LogP contribution in [-0.4, -0.2) is 35.3 Å². The number of carbonyl (C=O) groups is 2. The predicted octanol–water partition coefficient (Wildman–Crippen LogP) is 2.37. The molecule has 2 amide bonds. The molecule has 0 aromatic carbocycles. The SMILES string of the molecule is Cc1ccc(CN(C)C(=O)Cc2csc(N3CCCC3=O)n2)o1. The number of aryl methyl sites for hydroxylation is 1. The van der Waals surface area contributed by atoms with Gasteiger partial charge in [-0.25, -0.2) is 4.98 Å². The first-order valence-electron chi connectivity index (χ1n) is 7.57. The van der Waals surface area contributed by atoms with Crippen LogP contribution >= 0.6 is 11.3 Å². The Morgan fingerprint density at radius 3 is 2.96 bits per heavy atom. The molecule has 0 unspecified atom stereocenters. The number of amides is 2. The van der Waals surface area contributed by atoms with Crippen LogP contribution in [0.25, 0.3) is 0 Å². The molecule has 0 saturated carbocycles. The molecule has 1 saturated heterocycles. The van der Waals surface area contributed by atoms with Crippen LogP contribution in [0.15, 0.2) is 21.9 Å². The van der Waals surface area contributed by atoms with E-state index in [4.69, 9.17) is 4.42 Å². The van der Waals surface area contributed by atoms with Gasteiger partial charge in [-0.05, 0) is 25.5 Å². The van der Waals surface area contributed by atoms with Gasteiger partial charge >= 0.3 is 0 Å². The zero-order valence-electron chi connectivity index (χ0n) is 13.2. The molecule has 0 N–H and O–H groups in total. The number of rotatable bonds is 5. The van der Waals surface area contributed by atoms with Gasteiger partial charge < -0.3 is 9.32 Å². The summed E-state index contributed by atoms with van der Waals surface area (Å²) >= 11 is 1.42. The number of likely N-dealkylation sites (N-methyl/N-ethyl adjacent to an activating group) is 1. The Labute approximate surface area is 138 Å². The van der Waals surface area contributed by atoms with Crippen LogP contribution in [0.4, 0.5) is 5.13 Å². The highest BCUT2D eigenvalue weighted by Crippen LogP contribution is 2.25. The molecule has 0 spiro atoms. The Morgan fingerprint density at radius 2 is 2.30 bits per heavy atom. The van der Waals surface area contributed by atoms with E-state index in [0.29, 0.717) is 23.8 Å². The third kappa shape index (κ3) is 3.61. The first-order valence-corrected chi connectivity index (χ1v) is 8.45. The first kappa shape index (κ1) is 15.7. The third-order valence-electron chi connectivity index (χ3n) is 3.79. The lowest BCUT2D eigenvalue weighted by atomic mass is 10.3. The van der Waals surface area contributed by atoms with Crippen molar-refractivity contribution >= 4 is 28.3 Å². The van der Waals surface area contributed by atoms with Crippen molar-refractivity contribution in [2.75, 3.05) is 18.5 Å². The van der Waals surface area contributed by atoms with Crippen LogP contribution in [0.5, 0.6) is 0 Å². The zero-order valence-corrected chi connectivity index (χ0v) is 14.1. The molecule has 3 heterocycles. The van der Waals surface area contributed by atoms with Crippen LogP contribution in [-0.2, 0) is 22.6 Å². The number of carbonyl (C=O) groups excluding carboxylic acids is 2. The summed E-state index contributed by atoms with van der Waals surface area (Å²) in [7, 11) is 1.75. The van der Waals surface area contributed by atoms with Crippen molar-refractivity contribution in [3.63, 3.8) is 0 Å². The molecular formula is C16H19N3O3S. The molecule has 1 fully saturated rings. The molecule has 1 aliphatic heterocycles. The Balaban J connectivity index is 1.59. The summed E-state index contributed by atoms with van der Waals surface area (Å²) in [5.74, 6) is 1.69. The summed E-state index contributed by atoms with van der Waals surface area (Å²) in [5.41, 5.74) is 0.706. The minimum atomic E-state index is -0.0244. The van der Waals surface area contributed by atoms with Crippen LogP contribution in [0.1, 0.15) is 30.1 Å². The lowest BCUT2D eigenvalue weighted by Crippen LogP contribution is -2.28. The molecule has 7 heteroatoms. The standard InChI is InChI=1S/C16H19N3O3S/c1-11-5-6-13(22-11)9-18(2)15(21)8-12-10-23-16(17-12)19-7-3-4-14(19)20/h5-6,10H,3-4,7-9H2,1-2H3. The maximum Gasteiger partial charge on any atom is 0.228 e. The van der Waals surface area contributed by atoms with E-state index in [0.717, 1.165) is 24.5 Å². The Morgan fingerprint density at radius 1 is 1.48 bits per heavy atom. The van der Waals surface area contributed by atoms with E-state index in [1.54, 1.807) is 16.8 Å². The highest BCUT2D eigenvalue weighted by molar-refractivity contribution is 7.14. The van der Waals surface area contributed by atoms with Gasteiger partial charge in [-0.2, -0.15) is 0 Å². The number of nitrogens with zero attached hydrogens (tertiary/aromatic N) is 3. The van der Waals surface area contributed by atoms with Crippen molar-refractivity contribution in [3.8, 4) is 0 Å². The van der Waals surface area contributed by atoms with Gasteiger partial charge in [-0.3, -0.25) is 14.5 Å². The second kappa shape index (κ2) is 6.54. The number of furan rings is 1. The summed E-state index contributed by atoms with van der Waals surface area (Å²) in [5, 5.41) is 2.54. The summed E-state index contributed by atoms with van der Waals surface area (Å²) in [6.45, 7) is 3.04. The number of aromatic nitrogens is 1. The fraction of sp³-hybridized carbons (Fsp3) is 0.438. The van der Waals surface area contributed by atoms with Crippen molar-refractivity contribution in [1.29, 1.82) is 0 Å². The van der Waals surface area contributed by atoms with Gasteiger partial charge in [0.15, 0.2) is 5.13 Å². The molecule has 1 aliphatic rings. The highest BCUT2D eigenvalue weighted by atomic mass is 32.1. The van der Waals surface area contributed by atoms with Crippen LogP contribution in [0, 0.1) is 6.92 Å². The minimum absolute atomic E-state index is 0.0244.